The summed E-state index contributed by atoms with van der Waals surface area (Å²) in [6.07, 6.45) is 3.26. The molecule has 1 aliphatic heterocycles. The monoisotopic (exact) mass is 324 g/mol. The van der Waals surface area contributed by atoms with Gasteiger partial charge in [0, 0.05) is 23.1 Å². The molecule has 19 heavy (non-hydrogen) atoms. The van der Waals surface area contributed by atoms with Crippen LogP contribution in [0.3, 0.4) is 0 Å². The van der Waals surface area contributed by atoms with Gasteiger partial charge in [-0.3, -0.25) is 4.79 Å². The lowest BCUT2D eigenvalue weighted by molar-refractivity contribution is 0.0720. The van der Waals surface area contributed by atoms with E-state index in [9.17, 15) is 4.79 Å². The fraction of sp³-hybridized carbons (Fsp3) is 0.533. The van der Waals surface area contributed by atoms with Crippen LogP contribution < -0.4 is 5.32 Å². The summed E-state index contributed by atoms with van der Waals surface area (Å²) < 4.78 is 0.965. The first-order valence-electron chi connectivity index (χ1n) is 6.83. The number of halogens is 1. The third-order valence-electron chi connectivity index (χ3n) is 3.70. The molecular formula is C15H21BrN2O. The Morgan fingerprint density at radius 3 is 2.84 bits per heavy atom. The van der Waals surface area contributed by atoms with Gasteiger partial charge in [0.25, 0.3) is 5.91 Å². The Bertz CT molecular complexity index is 433. The van der Waals surface area contributed by atoms with Crippen LogP contribution in [0.1, 0.15) is 35.2 Å². The van der Waals surface area contributed by atoms with E-state index in [-0.39, 0.29) is 5.91 Å². The van der Waals surface area contributed by atoms with Crippen LogP contribution in [-0.2, 0) is 0 Å². The second-order valence-corrected chi connectivity index (χ2v) is 6.18. The van der Waals surface area contributed by atoms with Gasteiger partial charge in [0.05, 0.1) is 0 Å². The summed E-state index contributed by atoms with van der Waals surface area (Å²) in [6, 6.07) is 6.23. The lowest BCUT2D eigenvalue weighted by Gasteiger charge is -2.27. The largest absolute Gasteiger partial charge is 0.339 e. The predicted molar refractivity (Wildman–Crippen MR) is 81.5 cm³/mol. The van der Waals surface area contributed by atoms with Gasteiger partial charge in [-0.25, -0.2) is 0 Å². The van der Waals surface area contributed by atoms with Gasteiger partial charge in [0.2, 0.25) is 0 Å². The molecule has 1 aromatic carbocycles. The highest BCUT2D eigenvalue weighted by Gasteiger charge is 2.22. The summed E-state index contributed by atoms with van der Waals surface area (Å²) in [5, 5.41) is 3.38. The Balaban J connectivity index is 2.13. The maximum Gasteiger partial charge on any atom is 0.253 e. The Kier molecular flexibility index (Phi) is 4.99. The van der Waals surface area contributed by atoms with E-state index in [4.69, 9.17) is 0 Å². The standard InChI is InChI=1S/C15H21BrN2O/c1-11-8-12(10-13(16)9-11)15(19)18(2)14-4-3-6-17-7-5-14/h8-10,14,17H,3-7H2,1-2H3. The van der Waals surface area contributed by atoms with E-state index in [0.29, 0.717) is 6.04 Å². The number of benzene rings is 1. The van der Waals surface area contributed by atoms with E-state index in [1.807, 2.05) is 37.1 Å². The fourth-order valence-corrected chi connectivity index (χ4v) is 3.22. The first-order chi connectivity index (χ1) is 9.08. The highest BCUT2D eigenvalue weighted by atomic mass is 79.9. The van der Waals surface area contributed by atoms with Crippen LogP contribution in [0.15, 0.2) is 22.7 Å². The van der Waals surface area contributed by atoms with Crippen LogP contribution in [0.25, 0.3) is 0 Å². The summed E-state index contributed by atoms with van der Waals surface area (Å²) in [7, 11) is 1.93. The van der Waals surface area contributed by atoms with Crippen molar-refractivity contribution < 1.29 is 4.79 Å². The highest BCUT2D eigenvalue weighted by Crippen LogP contribution is 2.19. The number of nitrogens with one attached hydrogen (secondary N) is 1. The molecule has 1 aliphatic rings. The topological polar surface area (TPSA) is 32.3 Å². The zero-order valence-electron chi connectivity index (χ0n) is 11.6. The molecule has 1 saturated heterocycles. The maximum absolute atomic E-state index is 12.5. The minimum absolute atomic E-state index is 0.122. The molecule has 1 heterocycles. The van der Waals surface area contributed by atoms with Crippen LogP contribution in [0, 0.1) is 6.92 Å². The van der Waals surface area contributed by atoms with E-state index < -0.39 is 0 Å². The number of hydrogen-bond donors (Lipinski definition) is 1. The molecule has 0 bridgehead atoms. The lowest BCUT2D eigenvalue weighted by Crippen LogP contribution is -2.37. The average molecular weight is 325 g/mol. The van der Waals surface area contributed by atoms with E-state index >= 15 is 0 Å². The number of carbonyl (C=O) groups excluding carboxylic acids is 1. The third-order valence-corrected chi connectivity index (χ3v) is 4.16. The predicted octanol–water partition coefficient (Wildman–Crippen LogP) is 2.97. The quantitative estimate of drug-likeness (QED) is 0.907. The van der Waals surface area contributed by atoms with Crippen molar-refractivity contribution in [1.29, 1.82) is 0 Å². The smallest absolute Gasteiger partial charge is 0.253 e. The molecule has 2 rings (SSSR count). The average Bonchev–Trinajstić information content (AvgIpc) is 2.64. The van der Waals surface area contributed by atoms with E-state index in [1.54, 1.807) is 0 Å². The minimum Gasteiger partial charge on any atom is -0.339 e. The van der Waals surface area contributed by atoms with Crippen molar-refractivity contribution >= 4 is 21.8 Å². The van der Waals surface area contributed by atoms with Gasteiger partial charge < -0.3 is 10.2 Å². The third kappa shape index (κ3) is 3.80. The molecule has 3 nitrogen and oxygen atoms in total. The summed E-state index contributed by atoms with van der Waals surface area (Å²) in [5.41, 5.74) is 1.88. The van der Waals surface area contributed by atoms with Crippen molar-refractivity contribution in [2.75, 3.05) is 20.1 Å². The fourth-order valence-electron chi connectivity index (χ4n) is 2.62. The van der Waals surface area contributed by atoms with Crippen molar-refractivity contribution in [3.63, 3.8) is 0 Å². The van der Waals surface area contributed by atoms with Crippen LogP contribution in [0.4, 0.5) is 0 Å². The normalized spacial score (nSPS) is 19.8. The van der Waals surface area contributed by atoms with Crippen molar-refractivity contribution in [1.82, 2.24) is 10.2 Å². The molecule has 1 atom stereocenters. The van der Waals surface area contributed by atoms with Gasteiger partial charge in [-0.2, -0.15) is 0 Å². The van der Waals surface area contributed by atoms with Crippen molar-refractivity contribution in [3.05, 3.63) is 33.8 Å². The van der Waals surface area contributed by atoms with Crippen LogP contribution in [0.5, 0.6) is 0 Å². The number of nitrogens with zero attached hydrogens (tertiary/aromatic N) is 1. The minimum atomic E-state index is 0.122. The van der Waals surface area contributed by atoms with Gasteiger partial charge in [-0.05, 0) is 63.0 Å². The van der Waals surface area contributed by atoms with Crippen LogP contribution in [0.2, 0.25) is 0 Å². The molecule has 0 radical (unpaired) electrons. The van der Waals surface area contributed by atoms with Crippen LogP contribution >= 0.6 is 15.9 Å². The molecule has 0 saturated carbocycles. The summed E-state index contributed by atoms with van der Waals surface area (Å²) in [4.78, 5) is 14.5. The Morgan fingerprint density at radius 2 is 2.11 bits per heavy atom. The summed E-state index contributed by atoms with van der Waals surface area (Å²) in [6.45, 7) is 4.07. The molecule has 0 spiro atoms. The number of amides is 1. The first kappa shape index (κ1) is 14.5. The number of rotatable bonds is 2. The SMILES string of the molecule is Cc1cc(Br)cc(C(=O)N(C)C2CCCNCC2)c1. The van der Waals surface area contributed by atoms with Crippen molar-refractivity contribution in [2.24, 2.45) is 0 Å². The molecular weight excluding hydrogens is 304 g/mol. The van der Waals surface area contributed by atoms with Crippen molar-refractivity contribution in [3.8, 4) is 0 Å². The Hall–Kier alpha value is -0.870. The maximum atomic E-state index is 12.5. The number of aryl methyl sites for hydroxylation is 1. The molecule has 1 unspecified atom stereocenters. The number of hydrogen-bond acceptors (Lipinski definition) is 2. The molecule has 104 valence electrons. The first-order valence-corrected chi connectivity index (χ1v) is 7.62. The molecule has 1 aromatic rings. The molecule has 1 fully saturated rings. The molecule has 0 aliphatic carbocycles. The zero-order chi connectivity index (χ0) is 13.8. The molecule has 1 N–H and O–H groups in total. The van der Waals surface area contributed by atoms with Gasteiger partial charge in [0.15, 0.2) is 0 Å². The second-order valence-electron chi connectivity index (χ2n) is 5.27. The molecule has 4 heteroatoms. The number of carbonyl (C=O) groups is 1. The van der Waals surface area contributed by atoms with Gasteiger partial charge in [0.1, 0.15) is 0 Å². The van der Waals surface area contributed by atoms with Gasteiger partial charge in [-0.15, -0.1) is 0 Å². The summed E-state index contributed by atoms with van der Waals surface area (Å²) >= 11 is 3.46. The van der Waals surface area contributed by atoms with E-state index in [0.717, 1.165) is 48.0 Å². The Morgan fingerprint density at radius 1 is 1.32 bits per heavy atom. The van der Waals surface area contributed by atoms with Gasteiger partial charge >= 0.3 is 0 Å². The van der Waals surface area contributed by atoms with E-state index in [1.165, 1.54) is 0 Å². The zero-order valence-corrected chi connectivity index (χ0v) is 13.2. The van der Waals surface area contributed by atoms with Crippen molar-refractivity contribution in [2.45, 2.75) is 32.2 Å². The second kappa shape index (κ2) is 6.53. The Labute approximate surface area is 123 Å². The highest BCUT2D eigenvalue weighted by molar-refractivity contribution is 9.10. The molecule has 0 aromatic heterocycles. The van der Waals surface area contributed by atoms with E-state index in [2.05, 4.69) is 21.2 Å². The van der Waals surface area contributed by atoms with Crippen LogP contribution in [-0.4, -0.2) is 37.0 Å². The lowest BCUT2D eigenvalue weighted by atomic mass is 10.1. The molecule has 1 amide bonds. The van der Waals surface area contributed by atoms with Gasteiger partial charge in [-0.1, -0.05) is 15.9 Å². The summed E-state index contributed by atoms with van der Waals surface area (Å²) in [5.74, 6) is 0.122.